The van der Waals surface area contributed by atoms with Crippen LogP contribution < -0.4 is 4.90 Å². The van der Waals surface area contributed by atoms with Crippen LogP contribution in [0.2, 0.25) is 5.02 Å². The molecule has 0 unspecified atom stereocenters. The molecule has 1 aliphatic heterocycles. The Balaban J connectivity index is 1.91. The molecule has 0 aliphatic carbocycles. The highest BCUT2D eigenvalue weighted by Crippen LogP contribution is 2.31. The van der Waals surface area contributed by atoms with Gasteiger partial charge in [-0.1, -0.05) is 29.8 Å². The van der Waals surface area contributed by atoms with Crippen molar-refractivity contribution in [2.75, 3.05) is 12.0 Å². The van der Waals surface area contributed by atoms with E-state index in [9.17, 15) is 14.4 Å². The van der Waals surface area contributed by atoms with Crippen LogP contribution in [0.15, 0.2) is 48.5 Å². The van der Waals surface area contributed by atoms with E-state index in [1.807, 2.05) is 6.07 Å². The topological polar surface area (TPSA) is 63.7 Å². The van der Waals surface area contributed by atoms with Crippen LogP contribution in [0.25, 0.3) is 6.08 Å². The molecule has 0 aromatic heterocycles. The Labute approximate surface area is 149 Å². The number of ketones is 1. The number of hydrogen-bond acceptors (Lipinski definition) is 4. The van der Waals surface area contributed by atoms with E-state index in [0.717, 1.165) is 5.56 Å². The van der Waals surface area contributed by atoms with Gasteiger partial charge in [0.1, 0.15) is 0 Å². The van der Waals surface area contributed by atoms with Crippen LogP contribution in [0.4, 0.5) is 5.69 Å². The number of anilines is 1. The SMILES string of the molecule is COC(=O)/C=C/c1ccc2c(c1)C(=O)C(=O)N2Cc1cccc(Cl)c1. The molecule has 0 N–H and O–H groups in total. The van der Waals surface area contributed by atoms with Gasteiger partial charge in [-0.3, -0.25) is 9.59 Å². The van der Waals surface area contributed by atoms with Crippen LogP contribution >= 0.6 is 11.6 Å². The molecule has 3 rings (SSSR count). The number of Topliss-reactive ketones (excluding diaryl/α,β-unsaturated/α-hetero) is 1. The second kappa shape index (κ2) is 6.91. The number of halogens is 1. The lowest BCUT2D eigenvalue weighted by atomic mass is 10.1. The molecule has 0 saturated heterocycles. The maximum atomic E-state index is 12.3. The summed E-state index contributed by atoms with van der Waals surface area (Å²) in [4.78, 5) is 37.2. The first-order chi connectivity index (χ1) is 12.0. The third-order valence-corrected chi connectivity index (χ3v) is 4.07. The molecule has 0 bridgehead atoms. The van der Waals surface area contributed by atoms with Crippen LogP contribution in [0.5, 0.6) is 0 Å². The van der Waals surface area contributed by atoms with E-state index >= 15 is 0 Å². The van der Waals surface area contributed by atoms with E-state index in [1.54, 1.807) is 36.4 Å². The molecule has 1 amide bonds. The fourth-order valence-corrected chi connectivity index (χ4v) is 2.84. The van der Waals surface area contributed by atoms with Crippen LogP contribution in [-0.4, -0.2) is 24.8 Å². The highest BCUT2D eigenvalue weighted by atomic mass is 35.5. The molecular formula is C19H14ClNO4. The number of fused-ring (bicyclic) bond motifs is 1. The van der Waals surface area contributed by atoms with Crippen molar-refractivity contribution < 1.29 is 19.1 Å². The molecular weight excluding hydrogens is 342 g/mol. The predicted octanol–water partition coefficient (Wildman–Crippen LogP) is 3.26. The van der Waals surface area contributed by atoms with Gasteiger partial charge in [-0.15, -0.1) is 0 Å². The van der Waals surface area contributed by atoms with Gasteiger partial charge in [0.25, 0.3) is 11.7 Å². The summed E-state index contributed by atoms with van der Waals surface area (Å²) in [6, 6.07) is 12.2. The summed E-state index contributed by atoms with van der Waals surface area (Å²) in [6.07, 6.45) is 2.79. The lowest BCUT2D eigenvalue weighted by Crippen LogP contribution is -2.29. The summed E-state index contributed by atoms with van der Waals surface area (Å²) >= 11 is 5.97. The number of carbonyl (C=O) groups is 3. The van der Waals surface area contributed by atoms with E-state index in [1.165, 1.54) is 24.2 Å². The van der Waals surface area contributed by atoms with Gasteiger partial charge < -0.3 is 9.64 Å². The number of ether oxygens (including phenoxy) is 1. The third kappa shape index (κ3) is 3.46. The number of hydrogen-bond donors (Lipinski definition) is 0. The highest BCUT2D eigenvalue weighted by molar-refractivity contribution is 6.52. The van der Waals surface area contributed by atoms with Gasteiger partial charge in [-0.05, 0) is 41.5 Å². The summed E-state index contributed by atoms with van der Waals surface area (Å²) in [5.74, 6) is -1.64. The molecule has 2 aromatic rings. The Bertz CT molecular complexity index is 904. The average Bonchev–Trinajstić information content (AvgIpc) is 2.84. The van der Waals surface area contributed by atoms with Gasteiger partial charge in [0.05, 0.1) is 24.9 Å². The van der Waals surface area contributed by atoms with Crippen molar-refractivity contribution in [3.05, 3.63) is 70.3 Å². The number of nitrogens with zero attached hydrogens (tertiary/aromatic N) is 1. The molecule has 0 fully saturated rings. The molecule has 0 radical (unpaired) electrons. The highest BCUT2D eigenvalue weighted by Gasteiger charge is 2.35. The monoisotopic (exact) mass is 355 g/mol. The maximum absolute atomic E-state index is 12.3. The van der Waals surface area contributed by atoms with Gasteiger partial charge in [0.15, 0.2) is 0 Å². The fraction of sp³-hybridized carbons (Fsp3) is 0.105. The molecule has 5 nitrogen and oxygen atoms in total. The standard InChI is InChI=1S/C19H14ClNO4/c1-25-17(22)8-6-12-5-7-16-15(10-12)18(23)19(24)21(16)11-13-3-2-4-14(20)9-13/h2-10H,11H2,1H3/b8-6+. The first-order valence-corrected chi connectivity index (χ1v) is 7.88. The van der Waals surface area contributed by atoms with Crippen molar-refractivity contribution in [1.29, 1.82) is 0 Å². The van der Waals surface area contributed by atoms with Crippen molar-refractivity contribution in [3.63, 3.8) is 0 Å². The van der Waals surface area contributed by atoms with Gasteiger partial charge >= 0.3 is 5.97 Å². The normalized spacial score (nSPS) is 13.4. The van der Waals surface area contributed by atoms with E-state index in [0.29, 0.717) is 21.8 Å². The van der Waals surface area contributed by atoms with Crippen LogP contribution in [0, 0.1) is 0 Å². The number of esters is 1. The number of amides is 1. The number of rotatable bonds is 4. The van der Waals surface area contributed by atoms with Crippen LogP contribution in [-0.2, 0) is 20.9 Å². The fourth-order valence-electron chi connectivity index (χ4n) is 2.63. The lowest BCUT2D eigenvalue weighted by molar-refractivity contribution is -0.134. The second-order valence-corrected chi connectivity index (χ2v) is 5.92. The zero-order valence-corrected chi connectivity index (χ0v) is 14.1. The summed E-state index contributed by atoms with van der Waals surface area (Å²) < 4.78 is 4.53. The average molecular weight is 356 g/mol. The Kier molecular flexibility index (Phi) is 4.67. The molecule has 1 aliphatic rings. The summed E-state index contributed by atoms with van der Waals surface area (Å²) in [7, 11) is 1.28. The van der Waals surface area contributed by atoms with Gasteiger partial charge in [0, 0.05) is 11.1 Å². The van der Waals surface area contributed by atoms with Gasteiger partial charge in [0.2, 0.25) is 0 Å². The van der Waals surface area contributed by atoms with Crippen molar-refractivity contribution in [2.24, 2.45) is 0 Å². The Morgan fingerprint density at radius 2 is 2.00 bits per heavy atom. The summed E-state index contributed by atoms with van der Waals surface area (Å²) in [5.41, 5.74) is 2.33. The molecule has 126 valence electrons. The quantitative estimate of drug-likeness (QED) is 0.480. The first-order valence-electron chi connectivity index (χ1n) is 7.50. The zero-order valence-electron chi connectivity index (χ0n) is 13.4. The Morgan fingerprint density at radius 1 is 1.20 bits per heavy atom. The molecule has 0 spiro atoms. The third-order valence-electron chi connectivity index (χ3n) is 3.84. The molecule has 0 saturated carbocycles. The van der Waals surface area contributed by atoms with Crippen molar-refractivity contribution in [1.82, 2.24) is 0 Å². The molecule has 6 heteroatoms. The lowest BCUT2D eigenvalue weighted by Gasteiger charge is -2.16. The first kappa shape index (κ1) is 16.9. The van der Waals surface area contributed by atoms with Gasteiger partial charge in [-0.2, -0.15) is 0 Å². The minimum absolute atomic E-state index is 0.259. The number of methoxy groups -OCH3 is 1. The number of carbonyl (C=O) groups excluding carboxylic acids is 3. The number of benzene rings is 2. The molecule has 1 heterocycles. The van der Waals surface area contributed by atoms with Crippen molar-refractivity contribution in [2.45, 2.75) is 6.54 Å². The van der Waals surface area contributed by atoms with Gasteiger partial charge in [-0.25, -0.2) is 4.79 Å². The zero-order chi connectivity index (χ0) is 18.0. The van der Waals surface area contributed by atoms with E-state index in [2.05, 4.69) is 4.74 Å². The molecule has 0 atom stereocenters. The minimum Gasteiger partial charge on any atom is -0.466 e. The van der Waals surface area contributed by atoms with Crippen molar-refractivity contribution in [3.8, 4) is 0 Å². The Morgan fingerprint density at radius 3 is 2.72 bits per heavy atom. The van der Waals surface area contributed by atoms with Crippen LogP contribution in [0.1, 0.15) is 21.5 Å². The molecule has 25 heavy (non-hydrogen) atoms. The van der Waals surface area contributed by atoms with Crippen LogP contribution in [0.3, 0.4) is 0 Å². The van der Waals surface area contributed by atoms with E-state index in [-0.39, 0.29) is 6.54 Å². The van der Waals surface area contributed by atoms with E-state index < -0.39 is 17.7 Å². The van der Waals surface area contributed by atoms with E-state index in [4.69, 9.17) is 11.6 Å². The second-order valence-electron chi connectivity index (χ2n) is 5.48. The Hall–Kier alpha value is -2.92. The smallest absolute Gasteiger partial charge is 0.330 e. The molecule has 2 aromatic carbocycles. The largest absolute Gasteiger partial charge is 0.466 e. The minimum atomic E-state index is -0.580. The summed E-state index contributed by atoms with van der Waals surface area (Å²) in [5, 5.41) is 0.569. The summed E-state index contributed by atoms with van der Waals surface area (Å²) in [6.45, 7) is 0.259. The maximum Gasteiger partial charge on any atom is 0.330 e. The predicted molar refractivity (Wildman–Crippen MR) is 94.5 cm³/mol. The van der Waals surface area contributed by atoms with Crippen molar-refractivity contribution >= 4 is 41.0 Å².